The van der Waals surface area contributed by atoms with Gasteiger partial charge in [0.1, 0.15) is 0 Å². The topological polar surface area (TPSA) is 125 Å². The lowest BCUT2D eigenvalue weighted by molar-refractivity contribution is -0.150. The van der Waals surface area contributed by atoms with Crippen LogP contribution in [0, 0.1) is 0 Å². The Hall–Kier alpha value is -3.92. The second-order valence-electron chi connectivity index (χ2n) is 7.31. The number of hydrogen-bond donors (Lipinski definition) is 2. The number of nitrogens with zero attached hydrogens (tertiary/aromatic N) is 2. The van der Waals surface area contributed by atoms with E-state index in [4.69, 9.17) is 9.47 Å². The first-order valence-electron chi connectivity index (χ1n) is 10.3. The first kappa shape index (κ1) is 23.7. The van der Waals surface area contributed by atoms with E-state index in [1.807, 2.05) is 6.92 Å². The van der Waals surface area contributed by atoms with E-state index in [1.165, 1.54) is 20.1 Å². The van der Waals surface area contributed by atoms with Crippen molar-refractivity contribution in [3.05, 3.63) is 53.1 Å². The third-order valence-corrected chi connectivity index (χ3v) is 5.19. The number of carbonyl (C=O) groups is 4. The van der Waals surface area contributed by atoms with Crippen molar-refractivity contribution in [2.24, 2.45) is 0 Å². The molecule has 0 saturated carbocycles. The molecular weight excluding hydrogens is 430 g/mol. The zero-order valence-electron chi connectivity index (χ0n) is 18.5. The number of carbonyl (C=O) groups excluding carboxylic acids is 4. The lowest BCUT2D eigenvalue weighted by Crippen LogP contribution is -2.36. The van der Waals surface area contributed by atoms with E-state index in [9.17, 15) is 24.4 Å². The van der Waals surface area contributed by atoms with Crippen molar-refractivity contribution >= 4 is 29.8 Å². The number of amides is 4. The van der Waals surface area contributed by atoms with Gasteiger partial charge in [-0.25, -0.2) is 5.06 Å². The molecule has 10 nitrogen and oxygen atoms in total. The molecule has 1 atom stereocenters. The summed E-state index contributed by atoms with van der Waals surface area (Å²) in [6.45, 7) is 3.36. The van der Waals surface area contributed by atoms with E-state index in [2.05, 4.69) is 5.32 Å². The highest BCUT2D eigenvalue weighted by atomic mass is 16.5. The zero-order chi connectivity index (χ0) is 24.1. The van der Waals surface area contributed by atoms with Crippen LogP contribution in [0.1, 0.15) is 52.6 Å². The highest BCUT2D eigenvalue weighted by Crippen LogP contribution is 2.39. The number of methoxy groups -OCH3 is 1. The second kappa shape index (κ2) is 10.1. The number of hydrogen-bond acceptors (Lipinski definition) is 7. The van der Waals surface area contributed by atoms with E-state index in [-0.39, 0.29) is 42.1 Å². The largest absolute Gasteiger partial charge is 0.493 e. The van der Waals surface area contributed by atoms with Crippen molar-refractivity contribution in [3.63, 3.8) is 0 Å². The predicted octanol–water partition coefficient (Wildman–Crippen LogP) is 2.63. The van der Waals surface area contributed by atoms with E-state index < -0.39 is 17.9 Å². The summed E-state index contributed by atoms with van der Waals surface area (Å²) >= 11 is 0. The fourth-order valence-electron chi connectivity index (χ4n) is 3.80. The average Bonchev–Trinajstić information content (AvgIpc) is 3.05. The summed E-state index contributed by atoms with van der Waals surface area (Å²) < 4.78 is 10.9. The Balaban J connectivity index is 2.07. The molecule has 2 aromatic carbocycles. The first-order valence-corrected chi connectivity index (χ1v) is 10.3. The Labute approximate surface area is 190 Å². The van der Waals surface area contributed by atoms with E-state index in [0.717, 1.165) is 4.90 Å². The van der Waals surface area contributed by atoms with Gasteiger partial charge in [0, 0.05) is 6.92 Å². The Morgan fingerprint density at radius 1 is 1.21 bits per heavy atom. The van der Waals surface area contributed by atoms with Gasteiger partial charge in [0.25, 0.3) is 11.8 Å². The van der Waals surface area contributed by atoms with Gasteiger partial charge in [0.15, 0.2) is 11.5 Å². The van der Waals surface area contributed by atoms with Crippen molar-refractivity contribution in [1.82, 2.24) is 9.96 Å². The molecule has 1 aliphatic heterocycles. The number of benzene rings is 2. The summed E-state index contributed by atoms with van der Waals surface area (Å²) in [6.07, 6.45) is 0.308. The molecule has 10 heteroatoms. The van der Waals surface area contributed by atoms with Crippen LogP contribution in [0.25, 0.3) is 0 Å². The molecule has 0 unspecified atom stereocenters. The van der Waals surface area contributed by atoms with Crippen LogP contribution in [0.15, 0.2) is 36.4 Å². The van der Waals surface area contributed by atoms with E-state index in [0.29, 0.717) is 28.7 Å². The van der Waals surface area contributed by atoms with Crippen molar-refractivity contribution in [2.45, 2.75) is 26.3 Å². The molecule has 2 N–H and O–H groups in total. The summed E-state index contributed by atoms with van der Waals surface area (Å²) in [6, 6.07) is 8.82. The minimum atomic E-state index is -0.831. The highest BCUT2D eigenvalue weighted by Gasteiger charge is 2.42. The summed E-state index contributed by atoms with van der Waals surface area (Å²) in [5.74, 6) is -0.608. The molecule has 0 aliphatic carbocycles. The van der Waals surface area contributed by atoms with Gasteiger partial charge in [-0.2, -0.15) is 0 Å². The molecule has 33 heavy (non-hydrogen) atoms. The molecule has 0 aromatic heterocycles. The molecule has 4 amide bonds. The average molecular weight is 455 g/mol. The number of ether oxygens (including phenoxy) is 2. The number of anilines is 1. The van der Waals surface area contributed by atoms with Crippen LogP contribution < -0.4 is 14.8 Å². The Morgan fingerprint density at radius 3 is 2.61 bits per heavy atom. The number of hydroxylamine groups is 2. The number of imide groups is 1. The Bertz CT molecular complexity index is 1090. The fraction of sp³-hybridized carbons (Fsp3) is 0.304. The van der Waals surface area contributed by atoms with Gasteiger partial charge >= 0.3 is 0 Å². The quantitative estimate of drug-likeness (QED) is 0.244. The standard InChI is InChI=1S/C23H25N3O7/c1-4-33-20-12-15(8-9-19(20)32-3)18(10-11-25(31)13-27)26-22(29)16-6-5-7-17(24-14(2)28)21(16)23(26)30/h5-9,12-13,18,31H,4,10-11H2,1-3H3,(H,24,28)/t18-/m0/s1. The molecule has 1 heterocycles. The SMILES string of the molecule is CCOc1cc([C@H](CCN(O)C=O)N2C(=O)c3cccc(NC(C)=O)c3C2=O)ccc1OC. The Morgan fingerprint density at radius 2 is 1.97 bits per heavy atom. The lowest BCUT2D eigenvalue weighted by atomic mass is 10.0. The number of rotatable bonds is 10. The molecular formula is C23H25N3O7. The zero-order valence-corrected chi connectivity index (χ0v) is 18.5. The summed E-state index contributed by atoms with van der Waals surface area (Å²) in [5.41, 5.74) is 1.04. The van der Waals surface area contributed by atoms with Gasteiger partial charge in [0.2, 0.25) is 12.3 Å². The molecule has 3 rings (SSSR count). The van der Waals surface area contributed by atoms with Crippen molar-refractivity contribution in [3.8, 4) is 11.5 Å². The van der Waals surface area contributed by atoms with Gasteiger partial charge in [-0.15, -0.1) is 0 Å². The summed E-state index contributed by atoms with van der Waals surface area (Å²) in [4.78, 5) is 50.3. The summed E-state index contributed by atoms with van der Waals surface area (Å²) in [7, 11) is 1.50. The van der Waals surface area contributed by atoms with E-state index >= 15 is 0 Å². The number of nitrogens with one attached hydrogen (secondary N) is 1. The van der Waals surface area contributed by atoms with E-state index in [1.54, 1.807) is 30.3 Å². The minimum Gasteiger partial charge on any atom is -0.493 e. The number of fused-ring (bicyclic) bond motifs is 1. The van der Waals surface area contributed by atoms with Gasteiger partial charge < -0.3 is 14.8 Å². The van der Waals surface area contributed by atoms with Gasteiger partial charge in [-0.05, 0) is 43.2 Å². The minimum absolute atomic E-state index is 0.0636. The normalized spacial score (nSPS) is 13.4. The Kier molecular flexibility index (Phi) is 7.29. The smallest absolute Gasteiger partial charge is 0.264 e. The maximum atomic E-state index is 13.4. The maximum Gasteiger partial charge on any atom is 0.264 e. The molecule has 2 aromatic rings. The van der Waals surface area contributed by atoms with Crippen molar-refractivity contribution in [2.75, 3.05) is 25.6 Å². The van der Waals surface area contributed by atoms with Crippen molar-refractivity contribution < 1.29 is 33.9 Å². The molecule has 0 saturated heterocycles. The van der Waals surface area contributed by atoms with Gasteiger partial charge in [0.05, 0.1) is 43.1 Å². The third-order valence-electron chi connectivity index (χ3n) is 5.19. The molecule has 0 radical (unpaired) electrons. The third kappa shape index (κ3) is 4.80. The lowest BCUT2D eigenvalue weighted by Gasteiger charge is -2.28. The van der Waals surface area contributed by atoms with Crippen molar-refractivity contribution in [1.29, 1.82) is 0 Å². The van der Waals surface area contributed by atoms with Gasteiger partial charge in [-0.3, -0.25) is 29.3 Å². The molecule has 0 bridgehead atoms. The van der Waals surface area contributed by atoms with Crippen LogP contribution in [-0.4, -0.2) is 59.6 Å². The van der Waals surface area contributed by atoms with Gasteiger partial charge in [-0.1, -0.05) is 12.1 Å². The van der Waals surface area contributed by atoms with Crippen LogP contribution in [-0.2, 0) is 9.59 Å². The van der Waals surface area contributed by atoms with Crippen LogP contribution in [0.5, 0.6) is 11.5 Å². The second-order valence-corrected chi connectivity index (χ2v) is 7.31. The predicted molar refractivity (Wildman–Crippen MR) is 117 cm³/mol. The molecule has 0 spiro atoms. The van der Waals surface area contributed by atoms with Crippen LogP contribution in [0.4, 0.5) is 5.69 Å². The van der Waals surface area contributed by atoms with Crippen LogP contribution in [0.3, 0.4) is 0 Å². The first-order chi connectivity index (χ1) is 15.8. The molecule has 1 aliphatic rings. The molecule has 174 valence electrons. The highest BCUT2D eigenvalue weighted by molar-refractivity contribution is 6.24. The fourth-order valence-corrected chi connectivity index (χ4v) is 3.80. The van der Waals surface area contributed by atoms with Crippen LogP contribution in [0.2, 0.25) is 0 Å². The maximum absolute atomic E-state index is 13.4. The molecule has 0 fully saturated rings. The summed E-state index contributed by atoms with van der Waals surface area (Å²) in [5, 5.41) is 12.7. The monoisotopic (exact) mass is 455 g/mol. The van der Waals surface area contributed by atoms with Crippen LogP contribution >= 0.6 is 0 Å².